The molecule has 1 amide bonds. The number of rotatable bonds is 8. The van der Waals surface area contributed by atoms with Crippen molar-refractivity contribution in [1.29, 1.82) is 0 Å². The number of carbonyl (C=O) groups excluding carboxylic acids is 1. The molecule has 1 aliphatic rings. The quantitative estimate of drug-likeness (QED) is 0.360. The third-order valence-electron chi connectivity index (χ3n) is 5.85. The molecule has 9 heteroatoms. The van der Waals surface area contributed by atoms with Crippen LogP contribution in [0.2, 0.25) is 5.15 Å². The molecule has 0 aliphatic heterocycles. The van der Waals surface area contributed by atoms with Gasteiger partial charge in [-0.2, -0.15) is 0 Å². The zero-order valence-electron chi connectivity index (χ0n) is 18.0. The number of fused-ring (bicyclic) bond motifs is 3. The Morgan fingerprint density at radius 3 is 2.29 bits per heavy atom. The highest BCUT2D eigenvalue weighted by molar-refractivity contribution is 6.32. The Balaban J connectivity index is 1.29. The van der Waals surface area contributed by atoms with E-state index in [1.807, 2.05) is 36.4 Å². The zero-order chi connectivity index (χ0) is 24.2. The van der Waals surface area contributed by atoms with E-state index in [9.17, 15) is 19.8 Å². The number of aliphatic hydroxyl groups is 2. The highest BCUT2D eigenvalue weighted by Gasteiger charge is 2.29. The van der Waals surface area contributed by atoms with E-state index in [2.05, 4.69) is 22.4 Å². The average molecular weight is 483 g/mol. The molecule has 2 aromatic carbocycles. The molecule has 176 valence electrons. The van der Waals surface area contributed by atoms with Gasteiger partial charge in [0.2, 0.25) is 0 Å². The number of aliphatic hydroxyl groups excluding tert-OH is 2. The minimum Gasteiger partial charge on any atom is -0.478 e. The monoisotopic (exact) mass is 482 g/mol. The molecule has 8 nitrogen and oxygen atoms in total. The molecule has 2 unspecified atom stereocenters. The summed E-state index contributed by atoms with van der Waals surface area (Å²) < 4.78 is 5.44. The number of halogens is 1. The first-order valence-electron chi connectivity index (χ1n) is 10.7. The summed E-state index contributed by atoms with van der Waals surface area (Å²) in [5.74, 6) is -1.36. The number of hydrogen-bond acceptors (Lipinski definition) is 6. The van der Waals surface area contributed by atoms with Gasteiger partial charge in [0.1, 0.15) is 17.9 Å². The van der Waals surface area contributed by atoms with Crippen molar-refractivity contribution in [3.05, 3.63) is 88.2 Å². The lowest BCUT2D eigenvalue weighted by Gasteiger charge is -2.19. The van der Waals surface area contributed by atoms with Crippen LogP contribution in [-0.2, 0) is 4.74 Å². The van der Waals surface area contributed by atoms with Gasteiger partial charge in [0.25, 0.3) is 0 Å². The number of nitrogens with one attached hydrogen (secondary N) is 1. The van der Waals surface area contributed by atoms with E-state index < -0.39 is 24.3 Å². The molecule has 3 aromatic rings. The van der Waals surface area contributed by atoms with Gasteiger partial charge >= 0.3 is 12.1 Å². The van der Waals surface area contributed by atoms with Crippen LogP contribution in [0.15, 0.2) is 60.8 Å². The number of amides is 1. The topological polar surface area (TPSA) is 129 Å². The van der Waals surface area contributed by atoms with E-state index in [0.717, 1.165) is 28.3 Å². The molecule has 0 radical (unpaired) electrons. The molecular weight excluding hydrogens is 460 g/mol. The minimum absolute atomic E-state index is 0.0103. The summed E-state index contributed by atoms with van der Waals surface area (Å²) in [5.41, 5.74) is 4.30. The first-order valence-corrected chi connectivity index (χ1v) is 11.1. The van der Waals surface area contributed by atoms with Gasteiger partial charge in [-0.1, -0.05) is 60.1 Å². The number of carboxylic acids is 1. The van der Waals surface area contributed by atoms with Crippen LogP contribution >= 0.6 is 11.6 Å². The van der Waals surface area contributed by atoms with Crippen LogP contribution in [0.25, 0.3) is 11.1 Å². The summed E-state index contributed by atoms with van der Waals surface area (Å²) in [6.07, 6.45) is -2.09. The van der Waals surface area contributed by atoms with E-state index in [0.29, 0.717) is 0 Å². The van der Waals surface area contributed by atoms with Crippen LogP contribution in [0, 0.1) is 0 Å². The number of aromatic carboxylic acids is 1. The summed E-state index contributed by atoms with van der Waals surface area (Å²) in [5, 5.41) is 32.0. The van der Waals surface area contributed by atoms with E-state index in [1.165, 1.54) is 6.20 Å². The molecule has 0 bridgehead atoms. The standard InChI is InChI=1S/C25H23ClN2O6/c26-23-19(24(31)32)11-14(12-28-23)22(30)21(29)9-10-27-25(33)34-13-20-17-7-3-1-5-15(17)16-6-2-4-8-18(16)20/h1-8,11-12,20-22,29-30H,9-10,13H2,(H,27,33)(H,31,32). The Labute approximate surface area is 200 Å². The Bertz CT molecular complexity index is 1170. The maximum Gasteiger partial charge on any atom is 0.407 e. The summed E-state index contributed by atoms with van der Waals surface area (Å²) in [7, 11) is 0. The van der Waals surface area contributed by atoms with E-state index in [1.54, 1.807) is 0 Å². The highest BCUT2D eigenvalue weighted by atomic mass is 35.5. The average Bonchev–Trinajstić information content (AvgIpc) is 3.16. The van der Waals surface area contributed by atoms with Crippen molar-refractivity contribution < 1.29 is 29.6 Å². The molecule has 2 atom stereocenters. The van der Waals surface area contributed by atoms with E-state index in [4.69, 9.17) is 21.4 Å². The van der Waals surface area contributed by atoms with Gasteiger partial charge in [-0.15, -0.1) is 0 Å². The Kier molecular flexibility index (Phi) is 7.12. The molecule has 0 saturated heterocycles. The maximum atomic E-state index is 12.2. The molecular formula is C25H23ClN2O6. The Morgan fingerprint density at radius 1 is 1.06 bits per heavy atom. The second-order valence-electron chi connectivity index (χ2n) is 7.97. The minimum atomic E-state index is -1.40. The molecule has 34 heavy (non-hydrogen) atoms. The largest absolute Gasteiger partial charge is 0.478 e. The third-order valence-corrected chi connectivity index (χ3v) is 6.15. The number of ether oxygens (including phenoxy) is 1. The number of hydrogen-bond donors (Lipinski definition) is 4. The Morgan fingerprint density at radius 2 is 1.68 bits per heavy atom. The third kappa shape index (κ3) is 4.89. The van der Waals surface area contributed by atoms with Crippen LogP contribution < -0.4 is 5.32 Å². The van der Waals surface area contributed by atoms with Gasteiger partial charge in [0, 0.05) is 24.2 Å². The van der Waals surface area contributed by atoms with E-state index >= 15 is 0 Å². The summed E-state index contributed by atoms with van der Waals surface area (Å²) >= 11 is 5.73. The fourth-order valence-electron chi connectivity index (χ4n) is 4.13. The normalized spacial score (nSPS) is 14.1. The van der Waals surface area contributed by atoms with Crippen LogP contribution in [0.3, 0.4) is 0 Å². The molecule has 0 saturated carbocycles. The van der Waals surface area contributed by atoms with Gasteiger partial charge < -0.3 is 25.4 Å². The molecule has 4 N–H and O–H groups in total. The van der Waals surface area contributed by atoms with Crippen molar-refractivity contribution >= 4 is 23.7 Å². The molecule has 4 rings (SSSR count). The number of pyridine rings is 1. The first kappa shape index (κ1) is 23.7. The fraction of sp³-hybridized carbons (Fsp3) is 0.240. The van der Waals surface area contributed by atoms with Gasteiger partial charge in [0.15, 0.2) is 0 Å². The van der Waals surface area contributed by atoms with Crippen LogP contribution in [0.5, 0.6) is 0 Å². The Hall–Kier alpha value is -3.46. The molecule has 1 aliphatic carbocycles. The highest BCUT2D eigenvalue weighted by Crippen LogP contribution is 2.44. The lowest BCUT2D eigenvalue weighted by Crippen LogP contribution is -2.30. The van der Waals surface area contributed by atoms with Gasteiger partial charge in [-0.3, -0.25) is 0 Å². The maximum absolute atomic E-state index is 12.2. The predicted molar refractivity (Wildman–Crippen MR) is 125 cm³/mol. The zero-order valence-corrected chi connectivity index (χ0v) is 18.8. The number of alkyl carbamates (subject to hydrolysis) is 1. The number of aromatic nitrogens is 1. The van der Waals surface area contributed by atoms with Crippen molar-refractivity contribution in [1.82, 2.24) is 10.3 Å². The van der Waals surface area contributed by atoms with Crippen LogP contribution in [0.1, 0.15) is 45.5 Å². The molecule has 0 fully saturated rings. The molecule has 0 spiro atoms. The summed E-state index contributed by atoms with van der Waals surface area (Å²) in [6.45, 7) is 0.209. The summed E-state index contributed by atoms with van der Waals surface area (Å²) in [4.78, 5) is 27.1. The molecule has 1 heterocycles. The smallest absolute Gasteiger partial charge is 0.407 e. The SMILES string of the molecule is O=C(NCCC(O)C(O)c1cnc(Cl)c(C(=O)O)c1)OCC1c2ccccc2-c2ccccc21. The second kappa shape index (κ2) is 10.2. The van der Waals surface area contributed by atoms with Crippen LogP contribution in [0.4, 0.5) is 4.79 Å². The van der Waals surface area contributed by atoms with Crippen molar-refractivity contribution in [3.63, 3.8) is 0 Å². The number of benzene rings is 2. The van der Waals surface area contributed by atoms with Crippen molar-refractivity contribution in [3.8, 4) is 11.1 Å². The predicted octanol–water partition coefficient (Wildman–Crippen LogP) is 3.76. The van der Waals surface area contributed by atoms with Crippen LogP contribution in [-0.4, -0.2) is 51.6 Å². The first-order chi connectivity index (χ1) is 16.4. The van der Waals surface area contributed by atoms with Crippen molar-refractivity contribution in [2.45, 2.75) is 24.5 Å². The lowest BCUT2D eigenvalue weighted by atomic mass is 9.98. The van der Waals surface area contributed by atoms with E-state index in [-0.39, 0.29) is 41.8 Å². The van der Waals surface area contributed by atoms with Gasteiger partial charge in [-0.05, 0) is 34.7 Å². The van der Waals surface area contributed by atoms with Crippen molar-refractivity contribution in [2.75, 3.05) is 13.2 Å². The molecule has 1 aromatic heterocycles. The van der Waals surface area contributed by atoms with Crippen molar-refractivity contribution in [2.24, 2.45) is 0 Å². The second-order valence-corrected chi connectivity index (χ2v) is 8.32. The fourth-order valence-corrected chi connectivity index (χ4v) is 4.31. The van der Waals surface area contributed by atoms with Gasteiger partial charge in [0.05, 0.1) is 11.7 Å². The number of carbonyl (C=O) groups is 2. The summed E-state index contributed by atoms with van der Waals surface area (Å²) in [6, 6.07) is 17.2. The number of carboxylic acid groups (broad SMARTS) is 1. The number of nitrogens with zero attached hydrogens (tertiary/aromatic N) is 1. The lowest BCUT2D eigenvalue weighted by molar-refractivity contribution is 0.0134. The van der Waals surface area contributed by atoms with Gasteiger partial charge in [-0.25, -0.2) is 14.6 Å².